The number of likely N-dealkylation sites (tertiary alicyclic amines) is 1. The molecular formula is C19H19F5N4. The molecule has 1 saturated carbocycles. The summed E-state index contributed by atoms with van der Waals surface area (Å²) in [4.78, 5) is 11.8. The lowest BCUT2D eigenvalue weighted by molar-refractivity contribution is -0.141. The van der Waals surface area contributed by atoms with Gasteiger partial charge in [0.1, 0.15) is 5.69 Å². The van der Waals surface area contributed by atoms with Gasteiger partial charge in [-0.1, -0.05) is 6.07 Å². The van der Waals surface area contributed by atoms with Crippen LogP contribution in [0.2, 0.25) is 0 Å². The predicted octanol–water partition coefficient (Wildman–Crippen LogP) is 4.02. The van der Waals surface area contributed by atoms with Crippen LogP contribution in [0.15, 0.2) is 30.5 Å². The van der Waals surface area contributed by atoms with E-state index in [0.717, 1.165) is 37.6 Å². The Kier molecular flexibility index (Phi) is 4.95. The summed E-state index contributed by atoms with van der Waals surface area (Å²) in [5, 5.41) is 0. The third-order valence-electron chi connectivity index (χ3n) is 5.14. The lowest BCUT2D eigenvalue weighted by Gasteiger charge is -2.29. The van der Waals surface area contributed by atoms with Gasteiger partial charge in [0, 0.05) is 37.9 Å². The molecule has 9 heteroatoms. The molecule has 0 amide bonds. The van der Waals surface area contributed by atoms with Crippen molar-refractivity contribution in [2.24, 2.45) is 0 Å². The van der Waals surface area contributed by atoms with Gasteiger partial charge in [-0.25, -0.2) is 18.7 Å². The van der Waals surface area contributed by atoms with Crippen molar-refractivity contribution in [2.75, 3.05) is 18.0 Å². The number of anilines is 1. The van der Waals surface area contributed by atoms with Gasteiger partial charge in [0.15, 0.2) is 11.6 Å². The molecule has 0 N–H and O–H groups in total. The molecule has 1 saturated heterocycles. The van der Waals surface area contributed by atoms with Gasteiger partial charge in [-0.05, 0) is 43.0 Å². The molecule has 4 nitrogen and oxygen atoms in total. The molecule has 1 unspecified atom stereocenters. The highest BCUT2D eigenvalue weighted by molar-refractivity contribution is 5.37. The molecule has 2 aliphatic rings. The summed E-state index contributed by atoms with van der Waals surface area (Å²) < 4.78 is 65.6. The van der Waals surface area contributed by atoms with E-state index in [1.54, 1.807) is 6.07 Å². The summed E-state index contributed by atoms with van der Waals surface area (Å²) >= 11 is 0. The van der Waals surface area contributed by atoms with Gasteiger partial charge in [0.25, 0.3) is 0 Å². The summed E-state index contributed by atoms with van der Waals surface area (Å²) in [6, 6.07) is 4.83. The fourth-order valence-corrected chi connectivity index (χ4v) is 3.69. The molecule has 1 aliphatic carbocycles. The molecule has 1 atom stereocenters. The van der Waals surface area contributed by atoms with E-state index in [4.69, 9.17) is 0 Å². The maximum atomic E-state index is 13.4. The van der Waals surface area contributed by atoms with Crippen molar-refractivity contribution in [3.63, 3.8) is 0 Å². The number of hydrogen-bond acceptors (Lipinski definition) is 4. The largest absolute Gasteiger partial charge is 0.433 e. The van der Waals surface area contributed by atoms with Crippen molar-refractivity contribution in [3.05, 3.63) is 53.4 Å². The number of nitrogens with zero attached hydrogens (tertiary/aromatic N) is 4. The van der Waals surface area contributed by atoms with Gasteiger partial charge in [0.2, 0.25) is 5.95 Å². The minimum absolute atomic E-state index is 0.0127. The van der Waals surface area contributed by atoms with E-state index < -0.39 is 23.5 Å². The van der Waals surface area contributed by atoms with Crippen molar-refractivity contribution < 1.29 is 22.0 Å². The molecule has 1 aliphatic heterocycles. The van der Waals surface area contributed by atoms with Crippen LogP contribution in [0.1, 0.15) is 30.5 Å². The van der Waals surface area contributed by atoms with Crippen LogP contribution in [0.25, 0.3) is 0 Å². The zero-order valence-corrected chi connectivity index (χ0v) is 15.0. The number of halogens is 5. The topological polar surface area (TPSA) is 32.3 Å². The zero-order valence-electron chi connectivity index (χ0n) is 15.0. The molecule has 0 radical (unpaired) electrons. The van der Waals surface area contributed by atoms with Gasteiger partial charge < -0.3 is 4.90 Å². The van der Waals surface area contributed by atoms with Crippen LogP contribution in [0.3, 0.4) is 0 Å². The summed E-state index contributed by atoms with van der Waals surface area (Å²) in [7, 11) is 0. The van der Waals surface area contributed by atoms with Gasteiger partial charge >= 0.3 is 6.18 Å². The Hall–Kier alpha value is -2.29. The van der Waals surface area contributed by atoms with Crippen molar-refractivity contribution in [3.8, 4) is 0 Å². The minimum atomic E-state index is -4.51. The van der Waals surface area contributed by atoms with Gasteiger partial charge in [-0.3, -0.25) is 4.90 Å². The standard InChI is InChI=1S/C19H19F5N4/c20-15-4-1-12(9-16(15)21)10-27-8-6-14(11-27)28(13-2-3-13)18-25-7-5-17(26-18)19(22,23)24/h1,4-5,7,9,13-14H,2-3,6,8,10-11H2. The van der Waals surface area contributed by atoms with Crippen molar-refractivity contribution in [1.82, 2.24) is 14.9 Å². The average Bonchev–Trinajstić information content (AvgIpc) is 3.37. The number of alkyl halides is 3. The SMILES string of the molecule is Fc1ccc(CN2CCC(N(c3nccc(C(F)(F)F)n3)C3CC3)C2)cc1F. The van der Waals surface area contributed by atoms with Crippen LogP contribution in [0, 0.1) is 11.6 Å². The Morgan fingerprint density at radius 1 is 1.04 bits per heavy atom. The van der Waals surface area contributed by atoms with E-state index >= 15 is 0 Å². The highest BCUT2D eigenvalue weighted by Crippen LogP contribution is 2.36. The second-order valence-electron chi connectivity index (χ2n) is 7.30. The molecule has 1 aromatic heterocycles. The summed E-state index contributed by atoms with van der Waals surface area (Å²) in [5.41, 5.74) is -0.285. The lowest BCUT2D eigenvalue weighted by Crippen LogP contribution is -2.40. The van der Waals surface area contributed by atoms with E-state index in [9.17, 15) is 22.0 Å². The van der Waals surface area contributed by atoms with E-state index in [2.05, 4.69) is 14.9 Å². The normalized spacial score (nSPS) is 20.5. The number of hydrogen-bond donors (Lipinski definition) is 0. The third-order valence-corrected chi connectivity index (χ3v) is 5.14. The highest BCUT2D eigenvalue weighted by Gasteiger charge is 2.40. The van der Waals surface area contributed by atoms with E-state index in [1.807, 2.05) is 4.90 Å². The maximum Gasteiger partial charge on any atom is 0.433 e. The molecule has 2 fully saturated rings. The zero-order chi connectivity index (χ0) is 19.9. The molecule has 0 bridgehead atoms. The van der Waals surface area contributed by atoms with Gasteiger partial charge in [-0.2, -0.15) is 13.2 Å². The smallest absolute Gasteiger partial charge is 0.334 e. The first kappa shape index (κ1) is 19.0. The Labute approximate surface area is 159 Å². The molecule has 2 aromatic rings. The summed E-state index contributed by atoms with van der Waals surface area (Å²) in [6.45, 7) is 1.77. The van der Waals surface area contributed by atoms with Crippen LogP contribution in [0.4, 0.5) is 27.9 Å². The van der Waals surface area contributed by atoms with E-state index in [0.29, 0.717) is 25.2 Å². The maximum absolute atomic E-state index is 13.4. The molecule has 2 heterocycles. The second kappa shape index (κ2) is 7.27. The van der Waals surface area contributed by atoms with Crippen molar-refractivity contribution in [1.29, 1.82) is 0 Å². The van der Waals surface area contributed by atoms with Crippen LogP contribution < -0.4 is 4.90 Å². The molecule has 150 valence electrons. The lowest BCUT2D eigenvalue weighted by atomic mass is 10.2. The van der Waals surface area contributed by atoms with Crippen molar-refractivity contribution in [2.45, 2.75) is 44.1 Å². The second-order valence-corrected chi connectivity index (χ2v) is 7.30. The first-order valence-corrected chi connectivity index (χ1v) is 9.16. The van der Waals surface area contributed by atoms with Crippen LogP contribution in [0.5, 0.6) is 0 Å². The number of aromatic nitrogens is 2. The Morgan fingerprint density at radius 2 is 1.82 bits per heavy atom. The quantitative estimate of drug-likeness (QED) is 0.713. The Morgan fingerprint density at radius 3 is 2.50 bits per heavy atom. The summed E-state index contributed by atoms with van der Waals surface area (Å²) in [5.74, 6) is -1.66. The highest BCUT2D eigenvalue weighted by atomic mass is 19.4. The Bertz CT molecular complexity index is 852. The van der Waals surface area contributed by atoms with E-state index in [1.165, 1.54) is 6.07 Å². The fraction of sp³-hybridized carbons (Fsp3) is 0.474. The first-order valence-electron chi connectivity index (χ1n) is 9.16. The molecule has 4 rings (SSSR count). The van der Waals surface area contributed by atoms with Crippen LogP contribution in [-0.2, 0) is 12.7 Å². The van der Waals surface area contributed by atoms with E-state index in [-0.39, 0.29) is 18.0 Å². The minimum Gasteiger partial charge on any atom is -0.334 e. The van der Waals surface area contributed by atoms with Crippen molar-refractivity contribution >= 4 is 5.95 Å². The third kappa shape index (κ3) is 4.09. The molecular weight excluding hydrogens is 379 g/mol. The molecule has 1 aromatic carbocycles. The first-order chi connectivity index (χ1) is 13.3. The molecule has 28 heavy (non-hydrogen) atoms. The van der Waals surface area contributed by atoms with Gasteiger partial charge in [-0.15, -0.1) is 0 Å². The number of benzene rings is 1. The summed E-state index contributed by atoms with van der Waals surface area (Å²) in [6.07, 6.45) is -0.811. The number of rotatable bonds is 5. The Balaban J connectivity index is 1.49. The predicted molar refractivity (Wildman–Crippen MR) is 92.6 cm³/mol. The average molecular weight is 398 g/mol. The van der Waals surface area contributed by atoms with Crippen LogP contribution in [-0.4, -0.2) is 40.0 Å². The molecule has 0 spiro atoms. The van der Waals surface area contributed by atoms with Crippen LogP contribution >= 0.6 is 0 Å². The van der Waals surface area contributed by atoms with Gasteiger partial charge in [0.05, 0.1) is 0 Å². The monoisotopic (exact) mass is 398 g/mol. The fourth-order valence-electron chi connectivity index (χ4n) is 3.69.